The van der Waals surface area contributed by atoms with Crippen LogP contribution in [-0.4, -0.2) is 151 Å². The molecule has 0 spiro atoms. The van der Waals surface area contributed by atoms with Crippen LogP contribution in [0.5, 0.6) is 0 Å². The Hall–Kier alpha value is 1.88. The lowest BCUT2D eigenvalue weighted by molar-refractivity contribution is -0.139. The summed E-state index contributed by atoms with van der Waals surface area (Å²) in [6.45, 7) is 49.1. The van der Waals surface area contributed by atoms with E-state index in [-0.39, 0.29) is 11.8 Å². The molecular weight excluding hydrogens is 1140 g/mol. The molecule has 6 aliphatic rings. The van der Waals surface area contributed by atoms with E-state index in [9.17, 15) is 4.79 Å². The summed E-state index contributed by atoms with van der Waals surface area (Å²) in [5, 5.41) is 0. The highest BCUT2D eigenvalue weighted by molar-refractivity contribution is 7.04. The Morgan fingerprint density at radius 3 is 0.621 bits per heavy atom. The summed E-state index contributed by atoms with van der Waals surface area (Å²) in [5.74, 6) is -0.633. The molecule has 8 bridgehead atoms. The second-order valence-electron chi connectivity index (χ2n) is 23.9. The molecule has 0 aromatic rings. The van der Waals surface area contributed by atoms with Crippen molar-refractivity contribution in [1.82, 2.24) is 0 Å². The van der Waals surface area contributed by atoms with Crippen molar-refractivity contribution < 1.29 is 91.8 Å². The summed E-state index contributed by atoms with van der Waals surface area (Å²) in [7, 11) is -65.3. The van der Waals surface area contributed by atoms with Gasteiger partial charge in [0.05, 0.1) is 0 Å². The van der Waals surface area contributed by atoms with Gasteiger partial charge in [-0.25, -0.2) is 4.79 Å². The third kappa shape index (κ3) is 15.9. The SMILES string of the molecule is C=C(C)C(=O)OC[Si](C)(C)O[Si]12O[Si]3(O[Si](C)(C)C)O[Si]4(O[Si](C)(C)C)O[Si]5(O[Si](C)(C)C)O[Si](O[Si](C)(C)C)(O3)O[Si](O[Si](C)(C)C)(O[Si](O[Si](C)(C)C)(O5)O[Si](O[Si](C)(C)C)(O4)O1)O2. The molecule has 22 nitrogen and oxygen atoms in total. The van der Waals surface area contributed by atoms with Crippen molar-refractivity contribution in [3.05, 3.63) is 12.2 Å². The Morgan fingerprint density at radius 1 is 0.333 bits per heavy atom. The molecule has 0 aliphatic carbocycles. The zero-order valence-electron chi connectivity index (χ0n) is 43.4. The maximum Gasteiger partial charge on any atom is 0.651 e. The predicted octanol–water partition coefficient (Wildman–Crippen LogP) is 6.58. The molecule has 66 heavy (non-hydrogen) atoms. The number of rotatable bonds is 19. The molecule has 0 saturated carbocycles. The fourth-order valence-corrected chi connectivity index (χ4v) is 71.3. The standard InChI is InChI=1S/C28H76O22Si16/c1-27(2)28(29)30-26-58(24,25)38-66-48-63(35-55(15,16)17)42-60(32-52(6,7)8)39-59(31-51(3,4)5)40-61(44-63,33-53(9,10)11)46-65(50-66,37-57(21,22)23)47-62(41-59,34-54(12,13)14)45-64(43-60,49-66)36-56(18,19)20/h1,26H2,2-25H3. The molecule has 0 unspecified atom stereocenters. The molecule has 6 heterocycles. The third-order valence-electron chi connectivity index (χ3n) is 7.32. The third-order valence-corrected chi connectivity index (χ3v) is 59.5. The smallest absolute Gasteiger partial charge is 0.463 e. The van der Waals surface area contributed by atoms with Crippen LogP contribution in [0.4, 0.5) is 0 Å². The Bertz CT molecular complexity index is 1660. The van der Waals surface area contributed by atoms with Gasteiger partial charge in [0.1, 0.15) is 6.23 Å². The van der Waals surface area contributed by atoms with E-state index in [0.717, 1.165) is 0 Å². The zero-order chi connectivity index (χ0) is 50.7. The van der Waals surface area contributed by atoms with Crippen LogP contribution in [0.1, 0.15) is 6.92 Å². The fourth-order valence-electron chi connectivity index (χ4n) is 6.19. The lowest BCUT2D eigenvalue weighted by atomic mass is 10.4. The van der Waals surface area contributed by atoms with Gasteiger partial charge in [0.15, 0.2) is 58.2 Å². The van der Waals surface area contributed by atoms with Crippen LogP contribution in [0.15, 0.2) is 12.2 Å². The molecule has 6 aliphatic heterocycles. The Balaban J connectivity index is 2.06. The summed E-state index contributed by atoms with van der Waals surface area (Å²) in [6.07, 6.45) is -0.227. The first-order valence-corrected chi connectivity index (χ1v) is 61.9. The topological polar surface area (TPSA) is 211 Å². The van der Waals surface area contributed by atoms with Gasteiger partial charge in [-0.2, -0.15) is 0 Å². The number of esters is 1. The highest BCUT2D eigenvalue weighted by atomic mass is 28.7. The number of carbonyl (C=O) groups excluding carboxylic acids is 1. The minimum atomic E-state index is -5.31. The van der Waals surface area contributed by atoms with Crippen LogP contribution in [0.3, 0.4) is 0 Å². The largest absolute Gasteiger partial charge is 0.651 e. The van der Waals surface area contributed by atoms with Gasteiger partial charge in [0.2, 0.25) is 8.32 Å². The molecule has 0 aromatic carbocycles. The highest BCUT2D eigenvalue weighted by Gasteiger charge is 2.92. The summed E-state index contributed by atoms with van der Waals surface area (Å²) >= 11 is 0. The molecule has 6 rings (SSSR count). The van der Waals surface area contributed by atoms with Crippen molar-refractivity contribution in [2.24, 2.45) is 0 Å². The van der Waals surface area contributed by atoms with Crippen molar-refractivity contribution in [1.29, 1.82) is 0 Å². The van der Waals surface area contributed by atoms with Gasteiger partial charge in [0, 0.05) is 5.57 Å². The van der Waals surface area contributed by atoms with Crippen LogP contribution < -0.4 is 0 Å². The predicted molar refractivity (Wildman–Crippen MR) is 274 cm³/mol. The first kappa shape index (κ1) is 58.8. The van der Waals surface area contributed by atoms with Gasteiger partial charge in [-0.15, -0.1) is 0 Å². The maximum absolute atomic E-state index is 12.9. The van der Waals surface area contributed by atoms with Gasteiger partial charge in [0.25, 0.3) is 0 Å². The van der Waals surface area contributed by atoms with E-state index < -0.39 is 145 Å². The van der Waals surface area contributed by atoms with Gasteiger partial charge >= 0.3 is 78.4 Å². The molecular formula is C28H76O22Si16. The van der Waals surface area contributed by atoms with Crippen molar-refractivity contribution in [2.75, 3.05) is 6.23 Å². The number of hydrogen-bond donors (Lipinski definition) is 0. The lowest BCUT2D eigenvalue weighted by Crippen LogP contribution is -2.93. The van der Waals surface area contributed by atoms with Crippen LogP contribution >= 0.6 is 0 Å². The van der Waals surface area contributed by atoms with Gasteiger partial charge in [-0.05, 0) is 158 Å². The number of hydrogen-bond acceptors (Lipinski definition) is 22. The van der Waals surface area contributed by atoms with Crippen molar-refractivity contribution in [3.63, 3.8) is 0 Å². The first-order chi connectivity index (χ1) is 29.0. The minimum Gasteiger partial charge on any atom is -0.463 e. The van der Waals surface area contributed by atoms with Gasteiger partial charge in [-0.1, -0.05) is 6.58 Å². The summed E-state index contributed by atoms with van der Waals surface area (Å²) in [4.78, 5) is 12.9. The Labute approximate surface area is 409 Å². The normalized spacial score (nSPS) is 36.9. The molecule has 0 atom stereocenters. The van der Waals surface area contributed by atoms with Crippen molar-refractivity contribution in [2.45, 2.75) is 158 Å². The zero-order valence-corrected chi connectivity index (χ0v) is 59.4. The minimum absolute atomic E-state index is 0.188. The molecule has 0 aromatic heterocycles. The van der Waals surface area contributed by atoms with E-state index >= 15 is 0 Å². The van der Waals surface area contributed by atoms with Crippen LogP contribution in [-0.2, 0) is 91.8 Å². The highest BCUT2D eigenvalue weighted by Crippen LogP contribution is 2.53. The molecule has 6 fully saturated rings. The van der Waals surface area contributed by atoms with Gasteiger partial charge < -0.3 is 87.0 Å². The quantitative estimate of drug-likeness (QED) is 0.0760. The fraction of sp³-hybridized carbons (Fsp3) is 0.893. The van der Waals surface area contributed by atoms with Gasteiger partial charge in [-0.3, -0.25) is 0 Å². The number of ether oxygens (including phenoxy) is 1. The first-order valence-electron chi connectivity index (χ1n) is 21.8. The van der Waals surface area contributed by atoms with E-state index in [1.807, 2.05) is 137 Å². The van der Waals surface area contributed by atoms with E-state index in [2.05, 4.69) is 6.58 Å². The maximum atomic E-state index is 12.9. The second kappa shape index (κ2) is 18.3. The molecule has 384 valence electrons. The monoisotopic (exact) mass is 1210 g/mol. The van der Waals surface area contributed by atoms with Crippen LogP contribution in [0, 0.1) is 0 Å². The van der Waals surface area contributed by atoms with E-state index in [4.69, 9.17) is 87.0 Å². The summed E-state index contributed by atoms with van der Waals surface area (Å²) in [5.41, 5.74) is 0.188. The number of carbonyl (C=O) groups is 1. The molecule has 0 amide bonds. The molecule has 0 N–H and O–H groups in total. The summed E-state index contributed by atoms with van der Waals surface area (Å²) < 4.78 is 151. The molecule has 6 saturated heterocycles. The second-order valence-corrected chi connectivity index (χ2v) is 81.7. The molecule has 0 radical (unpaired) electrons. The van der Waals surface area contributed by atoms with E-state index in [0.29, 0.717) is 0 Å². The lowest BCUT2D eigenvalue weighted by Gasteiger charge is -2.60. The van der Waals surface area contributed by atoms with Crippen molar-refractivity contribution in [3.8, 4) is 0 Å². The van der Waals surface area contributed by atoms with Crippen LogP contribution in [0.25, 0.3) is 0 Å². The van der Waals surface area contributed by atoms with E-state index in [1.54, 1.807) is 20.0 Å². The Morgan fingerprint density at radius 2 is 0.485 bits per heavy atom. The summed E-state index contributed by atoms with van der Waals surface area (Å²) in [6, 6.07) is 0. The van der Waals surface area contributed by atoms with E-state index in [1.165, 1.54) is 0 Å². The average Bonchev–Trinajstić information content (AvgIpc) is 2.88. The van der Waals surface area contributed by atoms with Crippen LogP contribution in [0.2, 0.25) is 151 Å². The average molecular weight is 1210 g/mol. The van der Waals surface area contributed by atoms with Crippen molar-refractivity contribution >= 4 is 145 Å². The Kier molecular flexibility index (Phi) is 16.3. The molecule has 38 heteroatoms.